The first-order valence-electron chi connectivity index (χ1n) is 6.16. The Bertz CT molecular complexity index is 364. The number of nitrogens with zero attached hydrogens (tertiary/aromatic N) is 1. The van der Waals surface area contributed by atoms with E-state index in [2.05, 4.69) is 29.8 Å². The summed E-state index contributed by atoms with van der Waals surface area (Å²) in [6, 6.07) is 4.19. The maximum atomic E-state index is 12.2. The van der Waals surface area contributed by atoms with Crippen molar-refractivity contribution < 1.29 is 4.79 Å². The number of thiophene rings is 1. The average Bonchev–Trinajstić information content (AvgIpc) is 2.95. The van der Waals surface area contributed by atoms with Crippen LogP contribution >= 0.6 is 11.3 Å². The minimum absolute atomic E-state index is 0.170. The maximum absolute atomic E-state index is 12.2. The van der Waals surface area contributed by atoms with Crippen LogP contribution in [0.3, 0.4) is 0 Å². The fraction of sp³-hybridized carbons (Fsp3) is 0.615. The minimum atomic E-state index is 0.170. The molecule has 0 saturated carbocycles. The number of likely N-dealkylation sites (N-methyl/N-ethyl adjacent to an activating group) is 1. The van der Waals surface area contributed by atoms with E-state index in [1.165, 1.54) is 4.88 Å². The van der Waals surface area contributed by atoms with Crippen LogP contribution in [0.5, 0.6) is 0 Å². The molecule has 94 valence electrons. The van der Waals surface area contributed by atoms with Gasteiger partial charge in [0.15, 0.2) is 0 Å². The molecule has 1 saturated heterocycles. The van der Waals surface area contributed by atoms with Crippen LogP contribution in [0.4, 0.5) is 0 Å². The van der Waals surface area contributed by atoms with Crippen LogP contribution in [0.2, 0.25) is 0 Å². The molecule has 4 heteroatoms. The van der Waals surface area contributed by atoms with E-state index >= 15 is 0 Å². The summed E-state index contributed by atoms with van der Waals surface area (Å²) >= 11 is 1.76. The minimum Gasteiger partial charge on any atom is -0.345 e. The lowest BCUT2D eigenvalue weighted by molar-refractivity contribution is -0.134. The number of carbonyl (C=O) groups excluding carboxylic acids is 1. The van der Waals surface area contributed by atoms with Gasteiger partial charge in [-0.1, -0.05) is 13.0 Å². The smallest absolute Gasteiger partial charge is 0.227 e. The molecule has 0 spiro atoms. The molecule has 3 nitrogen and oxygen atoms in total. The first kappa shape index (κ1) is 12.6. The van der Waals surface area contributed by atoms with Crippen molar-refractivity contribution >= 4 is 17.2 Å². The van der Waals surface area contributed by atoms with Crippen molar-refractivity contribution in [1.29, 1.82) is 0 Å². The molecule has 2 unspecified atom stereocenters. The zero-order valence-electron chi connectivity index (χ0n) is 10.5. The first-order chi connectivity index (χ1) is 8.18. The average molecular weight is 252 g/mol. The molecule has 1 aromatic heterocycles. The highest BCUT2D eigenvalue weighted by Crippen LogP contribution is 2.18. The third-order valence-corrected chi connectivity index (χ3v) is 4.42. The second kappa shape index (κ2) is 5.65. The number of hydrogen-bond acceptors (Lipinski definition) is 3. The SMILES string of the molecule is CC1CNCC1C(=O)N(C)CCc1cccs1. The van der Waals surface area contributed by atoms with Crippen LogP contribution in [0.25, 0.3) is 0 Å². The molecule has 2 heterocycles. The number of carbonyl (C=O) groups is 1. The van der Waals surface area contributed by atoms with Crippen molar-refractivity contribution in [2.75, 3.05) is 26.7 Å². The summed E-state index contributed by atoms with van der Waals surface area (Å²) in [5.41, 5.74) is 0. The second-order valence-corrected chi connectivity index (χ2v) is 5.86. The van der Waals surface area contributed by atoms with E-state index in [0.29, 0.717) is 11.8 Å². The normalized spacial score (nSPS) is 23.9. The van der Waals surface area contributed by atoms with Crippen molar-refractivity contribution in [2.45, 2.75) is 13.3 Å². The lowest BCUT2D eigenvalue weighted by atomic mass is 9.97. The third-order valence-electron chi connectivity index (χ3n) is 3.48. The van der Waals surface area contributed by atoms with Crippen molar-refractivity contribution in [3.63, 3.8) is 0 Å². The monoisotopic (exact) mass is 252 g/mol. The van der Waals surface area contributed by atoms with Gasteiger partial charge in [0.2, 0.25) is 5.91 Å². The molecule has 1 aliphatic rings. The van der Waals surface area contributed by atoms with Gasteiger partial charge in [-0.25, -0.2) is 0 Å². The van der Waals surface area contributed by atoms with Crippen molar-refractivity contribution in [1.82, 2.24) is 10.2 Å². The zero-order valence-corrected chi connectivity index (χ0v) is 11.3. The summed E-state index contributed by atoms with van der Waals surface area (Å²) in [7, 11) is 1.92. The Labute approximate surface area is 107 Å². The molecule has 2 atom stereocenters. The van der Waals surface area contributed by atoms with E-state index in [9.17, 15) is 4.79 Å². The van der Waals surface area contributed by atoms with Gasteiger partial charge in [-0.05, 0) is 30.3 Å². The second-order valence-electron chi connectivity index (χ2n) is 4.83. The van der Waals surface area contributed by atoms with Gasteiger partial charge in [-0.2, -0.15) is 0 Å². The first-order valence-corrected chi connectivity index (χ1v) is 7.04. The summed E-state index contributed by atoms with van der Waals surface area (Å²) in [4.78, 5) is 15.4. The van der Waals surface area contributed by atoms with Gasteiger partial charge < -0.3 is 10.2 Å². The highest BCUT2D eigenvalue weighted by Gasteiger charge is 2.31. The summed E-state index contributed by atoms with van der Waals surface area (Å²) < 4.78 is 0. The van der Waals surface area contributed by atoms with Crippen molar-refractivity contribution in [3.05, 3.63) is 22.4 Å². The van der Waals surface area contributed by atoms with Gasteiger partial charge in [0, 0.05) is 25.0 Å². The number of amides is 1. The summed E-state index contributed by atoms with van der Waals surface area (Å²) in [5, 5.41) is 5.37. The van der Waals surface area contributed by atoms with Crippen LogP contribution in [-0.2, 0) is 11.2 Å². The van der Waals surface area contributed by atoms with E-state index < -0.39 is 0 Å². The van der Waals surface area contributed by atoms with Crippen LogP contribution in [0.15, 0.2) is 17.5 Å². The van der Waals surface area contributed by atoms with Crippen molar-refractivity contribution in [2.24, 2.45) is 11.8 Å². The topological polar surface area (TPSA) is 32.3 Å². The Hall–Kier alpha value is -0.870. The Morgan fingerprint density at radius 2 is 2.41 bits per heavy atom. The molecule has 1 N–H and O–H groups in total. The van der Waals surface area contributed by atoms with Gasteiger partial charge in [-0.3, -0.25) is 4.79 Å². The lowest BCUT2D eigenvalue weighted by Gasteiger charge is -2.22. The largest absolute Gasteiger partial charge is 0.345 e. The summed E-state index contributed by atoms with van der Waals surface area (Å²) in [6.45, 7) is 4.77. The third kappa shape index (κ3) is 3.07. The zero-order chi connectivity index (χ0) is 12.3. The fourth-order valence-electron chi connectivity index (χ4n) is 2.27. The standard InChI is InChI=1S/C13H20N2OS/c1-10-8-14-9-12(10)13(16)15(2)6-5-11-4-3-7-17-11/h3-4,7,10,12,14H,5-6,8-9H2,1-2H3. The molecule has 0 aromatic carbocycles. The predicted molar refractivity (Wildman–Crippen MR) is 71.2 cm³/mol. The lowest BCUT2D eigenvalue weighted by Crippen LogP contribution is -2.37. The molecular weight excluding hydrogens is 232 g/mol. The molecule has 2 rings (SSSR count). The Balaban J connectivity index is 1.83. The molecule has 1 fully saturated rings. The molecule has 1 amide bonds. The van der Waals surface area contributed by atoms with Gasteiger partial charge in [0.25, 0.3) is 0 Å². The molecule has 0 bridgehead atoms. The van der Waals surface area contributed by atoms with E-state index in [-0.39, 0.29) is 5.92 Å². The Morgan fingerprint density at radius 3 is 3.00 bits per heavy atom. The van der Waals surface area contributed by atoms with Gasteiger partial charge >= 0.3 is 0 Å². The number of hydrogen-bond donors (Lipinski definition) is 1. The molecule has 1 aliphatic heterocycles. The fourth-order valence-corrected chi connectivity index (χ4v) is 2.96. The van der Waals surface area contributed by atoms with E-state index in [1.54, 1.807) is 11.3 Å². The summed E-state index contributed by atoms with van der Waals surface area (Å²) in [5.74, 6) is 0.925. The molecular formula is C13H20N2OS. The number of rotatable bonds is 4. The van der Waals surface area contributed by atoms with Crippen LogP contribution < -0.4 is 5.32 Å². The van der Waals surface area contributed by atoms with Crippen LogP contribution in [0, 0.1) is 11.8 Å². The van der Waals surface area contributed by atoms with Crippen LogP contribution in [0.1, 0.15) is 11.8 Å². The summed E-state index contributed by atoms with van der Waals surface area (Å²) in [6.07, 6.45) is 0.967. The molecule has 1 aromatic rings. The van der Waals surface area contributed by atoms with Gasteiger partial charge in [0.05, 0.1) is 5.92 Å². The molecule has 17 heavy (non-hydrogen) atoms. The Morgan fingerprint density at radius 1 is 1.59 bits per heavy atom. The van der Waals surface area contributed by atoms with E-state index in [1.807, 2.05) is 11.9 Å². The van der Waals surface area contributed by atoms with Crippen molar-refractivity contribution in [3.8, 4) is 0 Å². The number of nitrogens with one attached hydrogen (secondary N) is 1. The molecule has 0 radical (unpaired) electrons. The predicted octanol–water partition coefficient (Wildman–Crippen LogP) is 1.60. The highest BCUT2D eigenvalue weighted by molar-refractivity contribution is 7.09. The van der Waals surface area contributed by atoms with Gasteiger partial charge in [-0.15, -0.1) is 11.3 Å². The van der Waals surface area contributed by atoms with Crippen LogP contribution in [-0.4, -0.2) is 37.5 Å². The van der Waals surface area contributed by atoms with Gasteiger partial charge in [0.1, 0.15) is 0 Å². The highest BCUT2D eigenvalue weighted by atomic mass is 32.1. The van der Waals surface area contributed by atoms with E-state index in [4.69, 9.17) is 0 Å². The molecule has 0 aliphatic carbocycles. The maximum Gasteiger partial charge on any atom is 0.227 e. The quantitative estimate of drug-likeness (QED) is 0.883. The van der Waals surface area contributed by atoms with E-state index in [0.717, 1.165) is 26.1 Å². The Kier molecular flexibility index (Phi) is 4.18.